The molecule has 1 aromatic carbocycles. The van der Waals surface area contributed by atoms with Gasteiger partial charge in [0.25, 0.3) is 0 Å². The van der Waals surface area contributed by atoms with Gasteiger partial charge in [0.2, 0.25) is 0 Å². The summed E-state index contributed by atoms with van der Waals surface area (Å²) in [5.41, 5.74) is 0.856. The number of aromatic carboxylic acids is 1. The van der Waals surface area contributed by atoms with Gasteiger partial charge in [0.1, 0.15) is 5.82 Å². The fourth-order valence-electron chi connectivity index (χ4n) is 1.32. The first-order chi connectivity index (χ1) is 8.56. The maximum atomic E-state index is 10.7. The first kappa shape index (κ1) is 12.7. The number of nitrogens with one attached hydrogen (secondary N) is 1. The third-order valence-corrected chi connectivity index (χ3v) is 2.94. The average Bonchev–Trinajstić information content (AvgIpc) is 2.34. The highest BCUT2D eigenvalue weighted by molar-refractivity contribution is 6.42. The molecule has 1 aromatic heterocycles. The van der Waals surface area contributed by atoms with Gasteiger partial charge < -0.3 is 10.4 Å². The molecule has 0 aliphatic heterocycles. The topological polar surface area (TPSA) is 62.2 Å². The van der Waals surface area contributed by atoms with E-state index in [4.69, 9.17) is 28.3 Å². The van der Waals surface area contributed by atoms with Crippen molar-refractivity contribution < 1.29 is 9.90 Å². The van der Waals surface area contributed by atoms with Crippen LogP contribution < -0.4 is 5.32 Å². The molecule has 0 fully saturated rings. The monoisotopic (exact) mass is 282 g/mol. The van der Waals surface area contributed by atoms with Gasteiger partial charge in [-0.2, -0.15) is 0 Å². The highest BCUT2D eigenvalue weighted by atomic mass is 35.5. The predicted octanol–water partition coefficient (Wildman–Crippen LogP) is 3.83. The first-order valence-corrected chi connectivity index (χ1v) is 5.73. The summed E-state index contributed by atoms with van der Waals surface area (Å²) < 4.78 is 0. The Balaban J connectivity index is 2.18. The lowest BCUT2D eigenvalue weighted by atomic mass is 10.3. The minimum absolute atomic E-state index is 0.134. The summed E-state index contributed by atoms with van der Waals surface area (Å²) in [5.74, 6) is -0.484. The molecule has 0 atom stereocenters. The summed E-state index contributed by atoms with van der Waals surface area (Å²) in [5, 5.41) is 12.6. The van der Waals surface area contributed by atoms with Gasteiger partial charge in [-0.25, -0.2) is 9.78 Å². The summed E-state index contributed by atoms with van der Waals surface area (Å²) in [6.07, 6.45) is 1.28. The molecule has 0 bridgehead atoms. The molecule has 0 spiro atoms. The van der Waals surface area contributed by atoms with Crippen LogP contribution in [0.1, 0.15) is 10.4 Å². The normalized spacial score (nSPS) is 10.1. The molecule has 1 heterocycles. The molecule has 92 valence electrons. The third kappa shape index (κ3) is 2.91. The second kappa shape index (κ2) is 5.25. The Kier molecular flexibility index (Phi) is 3.69. The standard InChI is InChI=1S/C12H8Cl2N2O2/c13-9-3-2-8(5-10(9)14)16-11-4-1-7(6-15-11)12(17)18/h1-6H,(H,15,16)(H,17,18). The van der Waals surface area contributed by atoms with Crippen molar-refractivity contribution in [3.63, 3.8) is 0 Å². The smallest absolute Gasteiger partial charge is 0.337 e. The van der Waals surface area contributed by atoms with Gasteiger partial charge >= 0.3 is 5.97 Å². The Bertz CT molecular complexity index is 585. The largest absolute Gasteiger partial charge is 0.478 e. The highest BCUT2D eigenvalue weighted by Gasteiger charge is 2.04. The quantitative estimate of drug-likeness (QED) is 0.898. The predicted molar refractivity (Wildman–Crippen MR) is 70.9 cm³/mol. The van der Waals surface area contributed by atoms with E-state index in [9.17, 15) is 4.79 Å². The Labute approximate surface area is 113 Å². The number of carboxylic acid groups (broad SMARTS) is 1. The maximum absolute atomic E-state index is 10.7. The molecule has 0 unspecified atom stereocenters. The highest BCUT2D eigenvalue weighted by Crippen LogP contribution is 2.26. The molecule has 0 saturated heterocycles. The van der Waals surface area contributed by atoms with E-state index in [1.807, 2.05) is 0 Å². The Morgan fingerprint density at radius 3 is 2.50 bits per heavy atom. The van der Waals surface area contributed by atoms with Crippen LogP contribution in [0.3, 0.4) is 0 Å². The van der Waals surface area contributed by atoms with E-state index in [1.165, 1.54) is 12.3 Å². The van der Waals surface area contributed by atoms with Gasteiger partial charge in [0.15, 0.2) is 0 Å². The molecule has 0 amide bonds. The summed E-state index contributed by atoms with van der Waals surface area (Å²) in [7, 11) is 0. The summed E-state index contributed by atoms with van der Waals surface area (Å²) >= 11 is 11.7. The van der Waals surface area contributed by atoms with Gasteiger partial charge in [0, 0.05) is 11.9 Å². The number of pyridine rings is 1. The number of nitrogens with zero attached hydrogens (tertiary/aromatic N) is 1. The van der Waals surface area contributed by atoms with E-state index in [-0.39, 0.29) is 5.56 Å². The van der Waals surface area contributed by atoms with Crippen molar-refractivity contribution in [2.24, 2.45) is 0 Å². The summed E-state index contributed by atoms with van der Waals surface area (Å²) in [4.78, 5) is 14.6. The van der Waals surface area contributed by atoms with E-state index in [1.54, 1.807) is 24.3 Å². The fraction of sp³-hybridized carbons (Fsp3) is 0. The number of aromatic nitrogens is 1. The Morgan fingerprint density at radius 2 is 1.94 bits per heavy atom. The van der Waals surface area contributed by atoms with E-state index < -0.39 is 5.97 Å². The zero-order chi connectivity index (χ0) is 13.1. The van der Waals surface area contributed by atoms with Crippen LogP contribution in [0.15, 0.2) is 36.5 Å². The van der Waals surface area contributed by atoms with Crippen molar-refractivity contribution in [3.05, 3.63) is 52.1 Å². The molecule has 0 aliphatic carbocycles. The van der Waals surface area contributed by atoms with Crippen molar-refractivity contribution in [2.45, 2.75) is 0 Å². The van der Waals surface area contributed by atoms with Crippen molar-refractivity contribution in [1.29, 1.82) is 0 Å². The molecule has 2 rings (SSSR count). The van der Waals surface area contributed by atoms with Crippen molar-refractivity contribution >= 4 is 40.7 Å². The van der Waals surface area contributed by atoms with Crippen molar-refractivity contribution in [3.8, 4) is 0 Å². The Morgan fingerprint density at radius 1 is 1.17 bits per heavy atom. The lowest BCUT2D eigenvalue weighted by molar-refractivity contribution is 0.0696. The van der Waals surface area contributed by atoms with Gasteiger partial charge in [-0.15, -0.1) is 0 Å². The molecule has 2 aromatic rings. The average molecular weight is 283 g/mol. The third-order valence-electron chi connectivity index (χ3n) is 2.20. The second-order valence-corrected chi connectivity index (χ2v) is 4.31. The number of rotatable bonds is 3. The second-order valence-electron chi connectivity index (χ2n) is 3.49. The van der Waals surface area contributed by atoms with Gasteiger partial charge in [-0.3, -0.25) is 0 Å². The molecule has 0 aliphatic rings. The summed E-state index contributed by atoms with van der Waals surface area (Å²) in [6, 6.07) is 8.12. The minimum atomic E-state index is -1.01. The molecular formula is C12H8Cl2N2O2. The van der Waals surface area contributed by atoms with Crippen molar-refractivity contribution in [1.82, 2.24) is 4.98 Å². The number of anilines is 2. The molecule has 6 heteroatoms. The number of halogens is 2. The fourth-order valence-corrected chi connectivity index (χ4v) is 1.61. The first-order valence-electron chi connectivity index (χ1n) is 4.97. The number of carboxylic acids is 1. The molecule has 0 saturated carbocycles. The van der Waals surface area contributed by atoms with Crippen LogP contribution in [0, 0.1) is 0 Å². The van der Waals surface area contributed by atoms with E-state index in [0.29, 0.717) is 15.9 Å². The van der Waals surface area contributed by atoms with Gasteiger partial charge in [-0.1, -0.05) is 23.2 Å². The van der Waals surface area contributed by atoms with Gasteiger partial charge in [-0.05, 0) is 30.3 Å². The number of carbonyl (C=O) groups is 1. The van der Waals surface area contributed by atoms with Crippen LogP contribution in [0.2, 0.25) is 10.0 Å². The van der Waals surface area contributed by atoms with Crippen LogP contribution in [0.25, 0.3) is 0 Å². The van der Waals surface area contributed by atoms with Crippen LogP contribution in [0.5, 0.6) is 0 Å². The number of hydrogen-bond donors (Lipinski definition) is 2. The molecule has 2 N–H and O–H groups in total. The van der Waals surface area contributed by atoms with Crippen LogP contribution in [-0.4, -0.2) is 16.1 Å². The van der Waals surface area contributed by atoms with E-state index >= 15 is 0 Å². The van der Waals surface area contributed by atoms with E-state index in [0.717, 1.165) is 5.69 Å². The van der Waals surface area contributed by atoms with Crippen LogP contribution in [-0.2, 0) is 0 Å². The Hall–Kier alpha value is -1.78. The number of hydrogen-bond acceptors (Lipinski definition) is 3. The molecular weight excluding hydrogens is 275 g/mol. The van der Waals surface area contributed by atoms with Gasteiger partial charge in [0.05, 0.1) is 15.6 Å². The lowest BCUT2D eigenvalue weighted by Crippen LogP contribution is -1.99. The zero-order valence-corrected chi connectivity index (χ0v) is 10.5. The molecule has 18 heavy (non-hydrogen) atoms. The zero-order valence-electron chi connectivity index (χ0n) is 9.02. The molecule has 0 radical (unpaired) electrons. The van der Waals surface area contributed by atoms with Crippen LogP contribution >= 0.6 is 23.2 Å². The maximum Gasteiger partial charge on any atom is 0.337 e. The van der Waals surface area contributed by atoms with E-state index in [2.05, 4.69) is 10.3 Å². The SMILES string of the molecule is O=C(O)c1ccc(Nc2ccc(Cl)c(Cl)c2)nc1. The lowest BCUT2D eigenvalue weighted by Gasteiger charge is -2.06. The van der Waals surface area contributed by atoms with Crippen molar-refractivity contribution in [2.75, 3.05) is 5.32 Å². The number of benzene rings is 1. The summed E-state index contributed by atoms with van der Waals surface area (Å²) in [6.45, 7) is 0. The minimum Gasteiger partial charge on any atom is -0.478 e. The molecule has 4 nitrogen and oxygen atoms in total. The van der Waals surface area contributed by atoms with Crippen LogP contribution in [0.4, 0.5) is 11.5 Å².